The molecule has 188 valence electrons. The highest BCUT2D eigenvalue weighted by Gasteiger charge is 2.55. The van der Waals surface area contributed by atoms with Crippen molar-refractivity contribution < 1.29 is 18.0 Å². The van der Waals surface area contributed by atoms with E-state index >= 15 is 0 Å². The molecule has 1 amide bonds. The van der Waals surface area contributed by atoms with Gasteiger partial charge in [-0.1, -0.05) is 51.5 Å². The zero-order valence-electron chi connectivity index (χ0n) is 18.9. The van der Waals surface area contributed by atoms with Crippen LogP contribution in [-0.2, 0) is 17.5 Å². The number of rotatable bonds is 4. The molecule has 5 atom stereocenters. The van der Waals surface area contributed by atoms with Gasteiger partial charge < -0.3 is 5.32 Å². The lowest BCUT2D eigenvalue weighted by Gasteiger charge is -2.40. The van der Waals surface area contributed by atoms with Crippen molar-refractivity contribution in [2.24, 2.45) is 17.8 Å². The van der Waals surface area contributed by atoms with Gasteiger partial charge in [0.2, 0.25) is 5.91 Å². The third-order valence-corrected chi connectivity index (χ3v) is 11.0. The predicted molar refractivity (Wildman–Crippen MR) is 139 cm³/mol. The van der Waals surface area contributed by atoms with Gasteiger partial charge in [-0.05, 0) is 66.8 Å². The van der Waals surface area contributed by atoms with Crippen molar-refractivity contribution >= 4 is 50.6 Å². The molecule has 1 aliphatic heterocycles. The molecule has 1 aromatic heterocycles. The average molecular weight is 596 g/mol. The summed E-state index contributed by atoms with van der Waals surface area (Å²) in [6, 6.07) is 13.1. The lowest BCUT2D eigenvalue weighted by atomic mass is 9.75. The van der Waals surface area contributed by atoms with E-state index in [4.69, 9.17) is 0 Å². The van der Waals surface area contributed by atoms with Crippen molar-refractivity contribution in [1.29, 1.82) is 0 Å². The molecular weight excluding hydrogens is 573 g/mol. The van der Waals surface area contributed by atoms with Crippen LogP contribution in [0.3, 0.4) is 0 Å². The number of carbonyl (C=O) groups is 1. The number of benzene rings is 2. The van der Waals surface area contributed by atoms with E-state index in [-0.39, 0.29) is 23.0 Å². The monoisotopic (exact) mass is 594 g/mol. The topological polar surface area (TPSA) is 51.1 Å². The maximum Gasteiger partial charge on any atom is 0.418 e. The van der Waals surface area contributed by atoms with E-state index in [0.717, 1.165) is 26.0 Å². The van der Waals surface area contributed by atoms with E-state index in [1.807, 2.05) is 12.1 Å². The minimum absolute atomic E-state index is 0.0759. The van der Waals surface area contributed by atoms with Crippen LogP contribution in [0.25, 0.3) is 0 Å². The maximum atomic E-state index is 13.4. The summed E-state index contributed by atoms with van der Waals surface area (Å²) in [4.78, 5) is 26.8. The molecular formula is C26H22BrF3N2O2S2. The van der Waals surface area contributed by atoms with Gasteiger partial charge in [0, 0.05) is 20.5 Å². The van der Waals surface area contributed by atoms with Crippen LogP contribution in [0.15, 0.2) is 62.8 Å². The molecule has 4 unspecified atom stereocenters. The number of anilines is 1. The lowest BCUT2D eigenvalue weighted by molar-refractivity contribution is -0.137. The third kappa shape index (κ3) is 4.15. The van der Waals surface area contributed by atoms with Gasteiger partial charge >= 0.3 is 11.0 Å². The van der Waals surface area contributed by atoms with Crippen molar-refractivity contribution in [3.63, 3.8) is 0 Å². The smallest absolute Gasteiger partial charge is 0.324 e. The first kappa shape index (κ1) is 24.3. The molecule has 2 fully saturated rings. The van der Waals surface area contributed by atoms with E-state index in [1.165, 1.54) is 53.4 Å². The number of nitrogens with one attached hydrogen (secondary N) is 1. The Balaban J connectivity index is 1.35. The first-order chi connectivity index (χ1) is 17.2. The van der Waals surface area contributed by atoms with Gasteiger partial charge in [0.05, 0.1) is 16.3 Å². The van der Waals surface area contributed by atoms with Gasteiger partial charge in [0.1, 0.15) is 6.54 Å². The molecule has 2 heterocycles. The van der Waals surface area contributed by atoms with E-state index in [1.54, 1.807) is 11.8 Å². The van der Waals surface area contributed by atoms with Gasteiger partial charge in [0.15, 0.2) is 0 Å². The van der Waals surface area contributed by atoms with Gasteiger partial charge in [0.25, 0.3) is 0 Å². The van der Waals surface area contributed by atoms with Crippen LogP contribution in [-0.4, -0.2) is 15.7 Å². The molecule has 3 aliphatic rings. The van der Waals surface area contributed by atoms with Gasteiger partial charge in [-0.25, -0.2) is 0 Å². The second-order valence-electron chi connectivity index (χ2n) is 9.74. The van der Waals surface area contributed by atoms with Crippen molar-refractivity contribution in [2.75, 3.05) is 5.32 Å². The largest absolute Gasteiger partial charge is 0.418 e. The van der Waals surface area contributed by atoms with Crippen molar-refractivity contribution in [3.8, 4) is 0 Å². The van der Waals surface area contributed by atoms with Crippen molar-refractivity contribution in [1.82, 2.24) is 4.57 Å². The van der Waals surface area contributed by atoms with E-state index < -0.39 is 17.6 Å². The number of carbonyl (C=O) groups excluding carboxylic acids is 1. The summed E-state index contributed by atoms with van der Waals surface area (Å²) in [5.74, 6) is 1.08. The van der Waals surface area contributed by atoms with Crippen LogP contribution < -0.4 is 10.2 Å². The second kappa shape index (κ2) is 9.06. The molecule has 2 aromatic carbocycles. The minimum atomic E-state index is -4.59. The van der Waals surface area contributed by atoms with Crippen molar-refractivity contribution in [3.05, 3.63) is 78.7 Å². The normalized spacial score (nSPS) is 26.5. The summed E-state index contributed by atoms with van der Waals surface area (Å²) in [5, 5.41) is 3.55. The van der Waals surface area contributed by atoms with Crippen LogP contribution in [0.4, 0.5) is 18.9 Å². The summed E-state index contributed by atoms with van der Waals surface area (Å²) in [7, 11) is 0. The summed E-state index contributed by atoms with van der Waals surface area (Å²) < 4.78 is 42.6. The number of hydrogen-bond acceptors (Lipinski definition) is 4. The highest BCUT2D eigenvalue weighted by Crippen LogP contribution is 2.64. The molecule has 2 saturated carbocycles. The second-order valence-corrected chi connectivity index (χ2v) is 12.8. The fourth-order valence-electron chi connectivity index (χ4n) is 6.33. The molecule has 2 bridgehead atoms. The molecule has 1 N–H and O–H groups in total. The first-order valence-corrected chi connectivity index (χ1v) is 14.3. The molecule has 4 nitrogen and oxygen atoms in total. The number of alkyl halides is 3. The van der Waals surface area contributed by atoms with Crippen LogP contribution in [0, 0.1) is 17.8 Å². The number of para-hydroxylation sites is 1. The number of hydrogen-bond donors (Lipinski definition) is 1. The quantitative estimate of drug-likeness (QED) is 0.354. The molecule has 10 heteroatoms. The lowest BCUT2D eigenvalue weighted by Crippen LogP contribution is -2.35. The molecule has 0 saturated heterocycles. The molecule has 2 aliphatic carbocycles. The highest BCUT2D eigenvalue weighted by molar-refractivity contribution is 9.10. The average Bonchev–Trinajstić information content (AvgIpc) is 3.52. The van der Waals surface area contributed by atoms with E-state index in [0.29, 0.717) is 23.0 Å². The Labute approximate surface area is 222 Å². The summed E-state index contributed by atoms with van der Waals surface area (Å²) in [5.41, 5.74) is -0.0580. The van der Waals surface area contributed by atoms with E-state index in [9.17, 15) is 22.8 Å². The zero-order chi connectivity index (χ0) is 25.2. The Bertz CT molecular complexity index is 1400. The van der Waals surface area contributed by atoms with Crippen LogP contribution in [0.1, 0.15) is 41.2 Å². The minimum Gasteiger partial charge on any atom is -0.324 e. The standard InChI is InChI=1S/C26H22BrF3N2O2S2/c27-16-5-3-4-13(11-16)21-20-14-8-9-15(10-14)22(20)35-24-23(21)36-25(34)32(24)12-19(33)31-18-7-2-1-6-17(18)26(28,29)30/h1-7,11,14-15,20-22H,8-10,12H2,(H,31,33)/t14?,15?,20?,21-,22?/m0/s1. The summed E-state index contributed by atoms with van der Waals surface area (Å²) in [6.45, 7) is -0.319. The Hall–Kier alpha value is -2.04. The SMILES string of the molecule is O=C(Cn1c2c(sc1=O)[C@@H](c1cccc(Br)c1)C1C3CCC(C3)C1S2)Nc1ccccc1C(F)(F)F. The fraction of sp³-hybridized carbons (Fsp3) is 0.385. The number of fused-ring (bicyclic) bond motifs is 6. The number of thioether (sulfide) groups is 1. The van der Waals surface area contributed by atoms with Crippen LogP contribution in [0.5, 0.6) is 0 Å². The van der Waals surface area contributed by atoms with Crippen LogP contribution in [0.2, 0.25) is 0 Å². The number of halogens is 4. The van der Waals surface area contributed by atoms with E-state index in [2.05, 4.69) is 33.4 Å². The Morgan fingerprint density at radius 3 is 2.67 bits per heavy atom. The summed E-state index contributed by atoms with van der Waals surface area (Å²) in [6.07, 6.45) is -1.00. The zero-order valence-corrected chi connectivity index (χ0v) is 22.1. The molecule has 0 radical (unpaired) electrons. The fourth-order valence-corrected chi connectivity index (χ4v) is 9.90. The number of amides is 1. The Morgan fingerprint density at radius 1 is 1.11 bits per heavy atom. The van der Waals surface area contributed by atoms with Gasteiger partial charge in [-0.3, -0.25) is 14.2 Å². The number of thiazole rings is 1. The van der Waals surface area contributed by atoms with Gasteiger partial charge in [-0.2, -0.15) is 13.2 Å². The third-order valence-electron chi connectivity index (χ3n) is 7.71. The highest BCUT2D eigenvalue weighted by atomic mass is 79.9. The first-order valence-electron chi connectivity index (χ1n) is 11.8. The van der Waals surface area contributed by atoms with Crippen molar-refractivity contribution in [2.45, 2.75) is 48.2 Å². The van der Waals surface area contributed by atoms with Crippen LogP contribution >= 0.6 is 39.0 Å². The number of aromatic nitrogens is 1. The predicted octanol–water partition coefficient (Wildman–Crippen LogP) is 6.98. The molecule has 0 spiro atoms. The summed E-state index contributed by atoms with van der Waals surface area (Å²) >= 11 is 6.45. The molecule has 3 aromatic rings. The molecule has 36 heavy (non-hydrogen) atoms. The number of nitrogens with zero attached hydrogens (tertiary/aromatic N) is 1. The molecule has 6 rings (SSSR count). The Kier molecular flexibility index (Phi) is 6.12. The Morgan fingerprint density at radius 2 is 1.89 bits per heavy atom. The maximum absolute atomic E-state index is 13.4. The van der Waals surface area contributed by atoms with Gasteiger partial charge in [-0.15, -0.1) is 11.8 Å².